The minimum atomic E-state index is -4.84. The van der Waals surface area contributed by atoms with Crippen molar-refractivity contribution in [3.05, 3.63) is 53.5 Å². The van der Waals surface area contributed by atoms with E-state index in [4.69, 9.17) is 0 Å². The zero-order valence-electron chi connectivity index (χ0n) is 16.8. The molecule has 1 aliphatic rings. The highest BCUT2D eigenvalue weighted by Crippen LogP contribution is 2.39. The SMILES string of the molecule is N#Cc1cc(Nc2ccc(OC(F)(F)F)cc2)nc(-c2c(C(F)(F)F)nc3n2CCCC3)c1. The van der Waals surface area contributed by atoms with Crippen molar-refractivity contribution in [2.45, 2.75) is 38.3 Å². The Morgan fingerprint density at radius 1 is 1.00 bits per heavy atom. The molecule has 6 nitrogen and oxygen atoms in total. The first-order chi connectivity index (χ1) is 15.5. The van der Waals surface area contributed by atoms with E-state index in [9.17, 15) is 31.6 Å². The highest BCUT2D eigenvalue weighted by molar-refractivity contribution is 5.67. The highest BCUT2D eigenvalue weighted by atomic mass is 19.4. The third kappa shape index (κ3) is 5.02. The topological polar surface area (TPSA) is 75.8 Å². The third-order valence-corrected chi connectivity index (χ3v) is 4.90. The van der Waals surface area contributed by atoms with E-state index in [1.54, 1.807) is 0 Å². The number of nitrogens with one attached hydrogen (secondary N) is 1. The van der Waals surface area contributed by atoms with Crippen molar-refractivity contribution in [2.75, 3.05) is 5.32 Å². The van der Waals surface area contributed by atoms with Crippen molar-refractivity contribution in [3.63, 3.8) is 0 Å². The first kappa shape index (κ1) is 22.4. The van der Waals surface area contributed by atoms with Crippen LogP contribution in [0.1, 0.15) is 29.9 Å². The molecule has 1 aromatic carbocycles. The largest absolute Gasteiger partial charge is 0.573 e. The van der Waals surface area contributed by atoms with Gasteiger partial charge in [-0.1, -0.05) is 0 Å². The summed E-state index contributed by atoms with van der Waals surface area (Å²) in [6.07, 6.45) is -7.75. The zero-order valence-corrected chi connectivity index (χ0v) is 16.8. The Hall–Kier alpha value is -3.75. The molecule has 3 aromatic rings. The van der Waals surface area contributed by atoms with Crippen LogP contribution in [-0.4, -0.2) is 20.9 Å². The fourth-order valence-electron chi connectivity index (χ4n) is 3.61. The number of nitrogens with zero attached hydrogens (tertiary/aromatic N) is 4. The number of pyridine rings is 1. The fourth-order valence-corrected chi connectivity index (χ4v) is 3.61. The van der Waals surface area contributed by atoms with Crippen LogP contribution < -0.4 is 10.1 Å². The van der Waals surface area contributed by atoms with Gasteiger partial charge in [0.25, 0.3) is 0 Å². The van der Waals surface area contributed by atoms with E-state index >= 15 is 0 Å². The quantitative estimate of drug-likeness (QED) is 0.490. The molecule has 0 unspecified atom stereocenters. The molecule has 0 spiro atoms. The lowest BCUT2D eigenvalue weighted by atomic mass is 10.1. The number of rotatable bonds is 4. The van der Waals surface area contributed by atoms with Gasteiger partial charge >= 0.3 is 12.5 Å². The van der Waals surface area contributed by atoms with Crippen molar-refractivity contribution < 1.29 is 31.1 Å². The predicted molar refractivity (Wildman–Crippen MR) is 105 cm³/mol. The normalized spacial score (nSPS) is 13.8. The number of hydrogen-bond acceptors (Lipinski definition) is 5. The minimum absolute atomic E-state index is 0.0491. The molecule has 1 aliphatic heterocycles. The maximum atomic E-state index is 13.7. The lowest BCUT2D eigenvalue weighted by molar-refractivity contribution is -0.274. The number of benzene rings is 1. The summed E-state index contributed by atoms with van der Waals surface area (Å²) in [5, 5.41) is 12.2. The van der Waals surface area contributed by atoms with E-state index in [2.05, 4.69) is 20.0 Å². The van der Waals surface area contributed by atoms with E-state index in [0.29, 0.717) is 30.9 Å². The first-order valence-corrected chi connectivity index (χ1v) is 9.75. The summed E-state index contributed by atoms with van der Waals surface area (Å²) in [5.41, 5.74) is -1.02. The number of imidazole rings is 1. The van der Waals surface area contributed by atoms with E-state index in [1.165, 1.54) is 28.8 Å². The van der Waals surface area contributed by atoms with E-state index in [1.807, 2.05) is 6.07 Å². The first-order valence-electron chi connectivity index (χ1n) is 9.75. The highest BCUT2D eigenvalue weighted by Gasteiger charge is 2.40. The smallest absolute Gasteiger partial charge is 0.406 e. The molecule has 1 N–H and O–H groups in total. The maximum Gasteiger partial charge on any atom is 0.573 e. The Balaban J connectivity index is 1.72. The van der Waals surface area contributed by atoms with Crippen LogP contribution in [0.2, 0.25) is 0 Å². The molecular formula is C21H15F6N5O. The number of alkyl halides is 6. The number of hydrogen-bond donors (Lipinski definition) is 1. The van der Waals surface area contributed by atoms with E-state index in [0.717, 1.165) is 18.6 Å². The van der Waals surface area contributed by atoms with Crippen LogP contribution in [0, 0.1) is 11.3 Å². The maximum absolute atomic E-state index is 13.7. The summed E-state index contributed by atoms with van der Waals surface area (Å²) in [6.45, 7) is 0.343. The standard InChI is InChI=1S/C21H15F6N5O/c22-20(23,24)19-18(32-8-2-1-3-17(32)31-19)15-9-12(11-28)10-16(30-15)29-13-4-6-14(7-5-13)33-21(25,26)27/h4-7,9-10H,1-3,8H2,(H,29,30). The predicted octanol–water partition coefficient (Wildman–Crippen LogP) is 5.81. The van der Waals surface area contributed by atoms with Gasteiger partial charge in [0.2, 0.25) is 0 Å². The molecule has 0 aliphatic carbocycles. The van der Waals surface area contributed by atoms with Gasteiger partial charge in [-0.05, 0) is 49.2 Å². The lowest BCUT2D eigenvalue weighted by Gasteiger charge is -2.17. The number of aryl methyl sites for hydroxylation is 1. The van der Waals surface area contributed by atoms with Gasteiger partial charge in [-0.25, -0.2) is 9.97 Å². The summed E-state index contributed by atoms with van der Waals surface area (Å²) in [4.78, 5) is 8.04. The number of halogens is 6. The van der Waals surface area contributed by atoms with Gasteiger partial charge < -0.3 is 14.6 Å². The average Bonchev–Trinajstić information content (AvgIpc) is 3.14. The summed E-state index contributed by atoms with van der Waals surface area (Å²) in [5.74, 6) is -0.0799. The van der Waals surface area contributed by atoms with Gasteiger partial charge in [-0.2, -0.15) is 18.4 Å². The fraction of sp³-hybridized carbons (Fsp3) is 0.286. The Kier molecular flexibility index (Phi) is 5.65. The summed E-state index contributed by atoms with van der Waals surface area (Å²) in [6, 6.07) is 9.17. The molecule has 12 heteroatoms. The van der Waals surface area contributed by atoms with Gasteiger partial charge in [0, 0.05) is 18.7 Å². The van der Waals surface area contributed by atoms with E-state index in [-0.39, 0.29) is 22.8 Å². The molecule has 2 aromatic heterocycles. The summed E-state index contributed by atoms with van der Waals surface area (Å²) >= 11 is 0. The second-order valence-corrected chi connectivity index (χ2v) is 7.27. The van der Waals surface area contributed by atoms with Gasteiger partial charge in [0.05, 0.1) is 23.0 Å². The van der Waals surface area contributed by atoms with Crippen LogP contribution in [0.4, 0.5) is 37.8 Å². The van der Waals surface area contributed by atoms with Gasteiger partial charge in [-0.3, -0.25) is 0 Å². The molecule has 172 valence electrons. The Labute approximate surface area is 183 Å². The number of anilines is 2. The van der Waals surface area contributed by atoms with Crippen molar-refractivity contribution in [1.82, 2.24) is 14.5 Å². The summed E-state index contributed by atoms with van der Waals surface area (Å²) in [7, 11) is 0. The van der Waals surface area contributed by atoms with Crippen LogP contribution in [0.5, 0.6) is 5.75 Å². The van der Waals surface area contributed by atoms with Gasteiger partial charge in [0.1, 0.15) is 17.4 Å². The molecule has 0 saturated heterocycles. The van der Waals surface area contributed by atoms with Crippen LogP contribution in [-0.2, 0) is 19.1 Å². The average molecular weight is 467 g/mol. The Bertz CT molecular complexity index is 1210. The molecule has 0 radical (unpaired) electrons. The summed E-state index contributed by atoms with van der Waals surface area (Å²) < 4.78 is 83.4. The second-order valence-electron chi connectivity index (χ2n) is 7.27. The molecule has 0 amide bonds. The lowest BCUT2D eigenvalue weighted by Crippen LogP contribution is -2.17. The molecule has 0 atom stereocenters. The van der Waals surface area contributed by atoms with Gasteiger partial charge in [0.15, 0.2) is 5.69 Å². The van der Waals surface area contributed by atoms with Crippen LogP contribution >= 0.6 is 0 Å². The zero-order chi connectivity index (χ0) is 23.8. The van der Waals surface area contributed by atoms with Crippen molar-refractivity contribution in [1.29, 1.82) is 5.26 Å². The molecule has 3 heterocycles. The van der Waals surface area contributed by atoms with Crippen molar-refractivity contribution in [3.8, 4) is 23.2 Å². The molecule has 33 heavy (non-hydrogen) atoms. The monoisotopic (exact) mass is 467 g/mol. The Morgan fingerprint density at radius 3 is 2.36 bits per heavy atom. The van der Waals surface area contributed by atoms with Crippen LogP contribution in [0.25, 0.3) is 11.4 Å². The molecule has 0 saturated carbocycles. The van der Waals surface area contributed by atoms with Crippen LogP contribution in [0.3, 0.4) is 0 Å². The number of ether oxygens (including phenoxy) is 1. The second kappa shape index (κ2) is 8.31. The van der Waals surface area contributed by atoms with Crippen molar-refractivity contribution in [2.24, 2.45) is 0 Å². The number of nitriles is 1. The van der Waals surface area contributed by atoms with Crippen LogP contribution in [0.15, 0.2) is 36.4 Å². The molecular weight excluding hydrogens is 452 g/mol. The van der Waals surface area contributed by atoms with E-state index < -0.39 is 24.0 Å². The molecule has 4 rings (SSSR count). The third-order valence-electron chi connectivity index (χ3n) is 4.90. The minimum Gasteiger partial charge on any atom is -0.406 e. The van der Waals surface area contributed by atoms with Gasteiger partial charge in [-0.15, -0.1) is 13.2 Å². The van der Waals surface area contributed by atoms with Crippen molar-refractivity contribution >= 4 is 11.5 Å². The Morgan fingerprint density at radius 2 is 1.73 bits per heavy atom. The number of aromatic nitrogens is 3. The number of fused-ring (bicyclic) bond motifs is 1. The molecule has 0 bridgehead atoms. The molecule has 0 fully saturated rings.